The monoisotopic (exact) mass is 558 g/mol. The van der Waals surface area contributed by atoms with Crippen molar-refractivity contribution in [2.75, 3.05) is 15.1 Å². The molecule has 12 nitrogen and oxygen atoms in total. The number of rotatable bonds is 6. The minimum atomic E-state index is -0.992. The molecule has 13 heteroatoms. The quantitative estimate of drug-likeness (QED) is 0.337. The summed E-state index contributed by atoms with van der Waals surface area (Å²) < 4.78 is 0. The third kappa shape index (κ3) is 4.38. The molecule has 2 aliphatic heterocycles. The van der Waals surface area contributed by atoms with E-state index in [-0.39, 0.29) is 23.9 Å². The van der Waals surface area contributed by atoms with Gasteiger partial charge in [0.25, 0.3) is 5.91 Å². The highest BCUT2D eigenvalue weighted by Gasteiger charge is 2.37. The van der Waals surface area contributed by atoms with Crippen molar-refractivity contribution < 1.29 is 19.5 Å². The number of aliphatic hydroxyl groups excluding tert-OH is 1. The topological polar surface area (TPSA) is 153 Å². The maximum absolute atomic E-state index is 13.6. The van der Waals surface area contributed by atoms with Crippen molar-refractivity contribution in [3.63, 3.8) is 0 Å². The number of hydrogen-bond acceptors (Lipinski definition) is 9. The third-order valence-electron chi connectivity index (χ3n) is 7.21. The Morgan fingerprint density at radius 1 is 1.23 bits per heavy atom. The molecule has 3 aromatic rings. The van der Waals surface area contributed by atoms with Crippen molar-refractivity contribution in [2.24, 2.45) is 0 Å². The summed E-state index contributed by atoms with van der Waals surface area (Å²) in [4.78, 5) is 47.4. The molecule has 1 fully saturated rings. The molecule has 40 heavy (non-hydrogen) atoms. The lowest BCUT2D eigenvalue weighted by Gasteiger charge is -2.35. The smallest absolute Gasteiger partial charge is 0.331 e. The standard InChI is InChI=1S/C27H26N8O4S/c1-3-20(36)30-15-6-4-7-16(15)31-25(38)24-23-22-17(9-11-28-26(22)40-24)35(27(39)32-23)18-13-34(21(37)12-14(18)2)19-8-5-10-29-33-19/h3,5,8-13,15-16,21,37H,1,4,6-7H2,2H3,(H,30,36)(H,31,38)(H,32,39)/t15-,16+,21?/m0/s1. The first-order chi connectivity index (χ1) is 19.4. The zero-order valence-corrected chi connectivity index (χ0v) is 22.3. The Labute approximate surface area is 233 Å². The largest absolute Gasteiger partial charge is 0.369 e. The minimum absolute atomic E-state index is 0.195. The van der Waals surface area contributed by atoms with Gasteiger partial charge in [-0.15, -0.1) is 16.4 Å². The summed E-state index contributed by atoms with van der Waals surface area (Å²) in [5, 5.41) is 28.1. The molecule has 1 saturated carbocycles. The Kier molecular flexibility index (Phi) is 6.52. The lowest BCUT2D eigenvalue weighted by molar-refractivity contribution is -0.117. The summed E-state index contributed by atoms with van der Waals surface area (Å²) in [6, 6.07) is 4.25. The summed E-state index contributed by atoms with van der Waals surface area (Å²) in [6.07, 6.45) is 8.98. The van der Waals surface area contributed by atoms with Crippen molar-refractivity contribution in [2.45, 2.75) is 44.5 Å². The number of carbonyl (C=O) groups is 3. The first-order valence-electron chi connectivity index (χ1n) is 12.8. The average molecular weight is 559 g/mol. The molecule has 6 rings (SSSR count). The van der Waals surface area contributed by atoms with Gasteiger partial charge >= 0.3 is 6.03 Å². The first-order valence-corrected chi connectivity index (χ1v) is 13.6. The van der Waals surface area contributed by atoms with Crippen molar-refractivity contribution in [3.05, 3.63) is 71.7 Å². The molecule has 0 saturated heterocycles. The van der Waals surface area contributed by atoms with Crippen molar-refractivity contribution in [1.82, 2.24) is 25.8 Å². The molecule has 0 radical (unpaired) electrons. The lowest BCUT2D eigenvalue weighted by atomic mass is 10.1. The van der Waals surface area contributed by atoms with Gasteiger partial charge in [-0.2, -0.15) is 5.10 Å². The zero-order chi connectivity index (χ0) is 28.0. The van der Waals surface area contributed by atoms with Crippen LogP contribution in [0.25, 0.3) is 10.2 Å². The summed E-state index contributed by atoms with van der Waals surface area (Å²) in [5.41, 5.74) is 2.16. The van der Waals surface area contributed by atoms with Gasteiger partial charge < -0.3 is 21.1 Å². The number of carbonyl (C=O) groups excluding carboxylic acids is 3. The molecule has 0 bridgehead atoms. The van der Waals surface area contributed by atoms with Gasteiger partial charge in [0.2, 0.25) is 5.91 Å². The number of pyridine rings is 1. The van der Waals surface area contributed by atoms with Crippen molar-refractivity contribution in [3.8, 4) is 0 Å². The van der Waals surface area contributed by atoms with Gasteiger partial charge in [-0.25, -0.2) is 9.78 Å². The van der Waals surface area contributed by atoms with Crippen LogP contribution in [0.5, 0.6) is 0 Å². The average Bonchev–Trinajstić information content (AvgIpc) is 3.54. The molecule has 5 heterocycles. The fourth-order valence-corrected chi connectivity index (χ4v) is 6.35. The van der Waals surface area contributed by atoms with Crippen LogP contribution in [0.2, 0.25) is 0 Å². The normalized spacial score (nSPS) is 21.9. The molecule has 1 aliphatic carbocycles. The summed E-state index contributed by atoms with van der Waals surface area (Å²) >= 11 is 1.19. The van der Waals surface area contributed by atoms with Gasteiger partial charge in [0.15, 0.2) is 12.0 Å². The van der Waals surface area contributed by atoms with Crippen molar-refractivity contribution in [1.29, 1.82) is 0 Å². The van der Waals surface area contributed by atoms with Crippen LogP contribution < -0.4 is 25.8 Å². The Hall–Kier alpha value is -4.62. The lowest BCUT2D eigenvalue weighted by Crippen LogP contribution is -2.48. The Morgan fingerprint density at radius 2 is 2.02 bits per heavy atom. The number of nitrogens with zero attached hydrogens (tertiary/aromatic N) is 5. The second kappa shape index (κ2) is 10.2. The molecule has 3 aliphatic rings. The summed E-state index contributed by atoms with van der Waals surface area (Å²) in [7, 11) is 0. The van der Waals surface area contributed by atoms with Crippen LogP contribution in [0.1, 0.15) is 35.9 Å². The second-order valence-electron chi connectivity index (χ2n) is 9.68. The Morgan fingerprint density at radius 3 is 2.77 bits per heavy atom. The van der Waals surface area contributed by atoms with Crippen LogP contribution in [0.3, 0.4) is 0 Å². The molecule has 3 aromatic heterocycles. The molecule has 4 amide bonds. The molecular weight excluding hydrogens is 532 g/mol. The number of allylic oxidation sites excluding steroid dienone is 1. The van der Waals surface area contributed by atoms with E-state index in [9.17, 15) is 19.5 Å². The van der Waals surface area contributed by atoms with E-state index in [4.69, 9.17) is 0 Å². The van der Waals surface area contributed by atoms with E-state index in [2.05, 4.69) is 37.7 Å². The molecule has 4 N–H and O–H groups in total. The van der Waals surface area contributed by atoms with Crippen LogP contribution in [0.4, 0.5) is 22.0 Å². The highest BCUT2D eigenvalue weighted by molar-refractivity contribution is 7.21. The number of aliphatic hydroxyl groups is 1. The van der Waals surface area contributed by atoms with Gasteiger partial charge in [-0.1, -0.05) is 6.58 Å². The van der Waals surface area contributed by atoms with Gasteiger partial charge in [0.05, 0.1) is 22.5 Å². The predicted octanol–water partition coefficient (Wildman–Crippen LogP) is 3.02. The van der Waals surface area contributed by atoms with Crippen LogP contribution in [0, 0.1) is 0 Å². The highest BCUT2D eigenvalue weighted by Crippen LogP contribution is 2.45. The number of hydrogen-bond donors (Lipinski definition) is 4. The van der Waals surface area contributed by atoms with E-state index in [1.807, 2.05) is 0 Å². The molecular formula is C27H26N8O4S. The molecule has 1 unspecified atom stereocenters. The van der Waals surface area contributed by atoms with Crippen molar-refractivity contribution >= 4 is 56.6 Å². The number of nitrogens with one attached hydrogen (secondary N) is 3. The van der Waals surface area contributed by atoms with E-state index >= 15 is 0 Å². The van der Waals surface area contributed by atoms with Gasteiger partial charge in [0, 0.05) is 30.7 Å². The fourth-order valence-electron chi connectivity index (χ4n) is 5.33. The number of aromatic nitrogens is 3. The van der Waals surface area contributed by atoms with E-state index in [1.54, 1.807) is 43.6 Å². The van der Waals surface area contributed by atoms with Crippen LogP contribution in [-0.4, -0.2) is 56.4 Å². The molecule has 204 valence electrons. The summed E-state index contributed by atoms with van der Waals surface area (Å²) in [6.45, 7) is 5.30. The van der Waals surface area contributed by atoms with Crippen LogP contribution >= 0.6 is 11.3 Å². The maximum Gasteiger partial charge on any atom is 0.331 e. The van der Waals surface area contributed by atoms with Gasteiger partial charge in [-0.3, -0.25) is 19.4 Å². The molecule has 0 spiro atoms. The fraction of sp³-hybridized carbons (Fsp3) is 0.259. The maximum atomic E-state index is 13.6. The van der Waals surface area contributed by atoms with Crippen LogP contribution in [0.15, 0.2) is 66.8 Å². The predicted molar refractivity (Wildman–Crippen MR) is 151 cm³/mol. The van der Waals surface area contributed by atoms with Crippen LogP contribution in [-0.2, 0) is 4.79 Å². The highest BCUT2D eigenvalue weighted by atomic mass is 32.1. The zero-order valence-electron chi connectivity index (χ0n) is 21.5. The second-order valence-corrected chi connectivity index (χ2v) is 10.7. The SMILES string of the molecule is C=CC(=O)N[C@H]1CCC[C@H]1NC(=O)c1sc2nccc3c2c1NC(=O)N3C1=CN(c2cccnn2)C(O)C=C1C. The number of anilines is 3. The molecule has 0 aromatic carbocycles. The number of urea groups is 1. The molecule has 3 atom stereocenters. The number of thiophene rings is 1. The van der Waals surface area contributed by atoms with Gasteiger partial charge in [0.1, 0.15) is 9.71 Å². The van der Waals surface area contributed by atoms with E-state index in [0.29, 0.717) is 43.6 Å². The minimum Gasteiger partial charge on any atom is -0.369 e. The first kappa shape index (κ1) is 25.6. The number of amides is 4. The van der Waals surface area contributed by atoms with E-state index in [1.165, 1.54) is 33.4 Å². The van der Waals surface area contributed by atoms with E-state index < -0.39 is 12.3 Å². The van der Waals surface area contributed by atoms with E-state index in [0.717, 1.165) is 19.3 Å². The summed E-state index contributed by atoms with van der Waals surface area (Å²) in [5.74, 6) is -0.207. The van der Waals surface area contributed by atoms with Gasteiger partial charge in [-0.05, 0) is 62.1 Å². The Bertz CT molecular complexity index is 1600. The Balaban J connectivity index is 1.35. The third-order valence-corrected chi connectivity index (χ3v) is 8.31.